The second kappa shape index (κ2) is 12.2. The number of likely N-dealkylation sites (N-methyl/N-ethyl adjacent to an activating group) is 1. The van der Waals surface area contributed by atoms with Crippen molar-refractivity contribution >= 4 is 40.5 Å². The Bertz CT molecular complexity index is 1610. The van der Waals surface area contributed by atoms with Crippen molar-refractivity contribution in [3.8, 4) is 21.8 Å². The van der Waals surface area contributed by atoms with E-state index in [1.807, 2.05) is 38.1 Å². The molecule has 3 N–H and O–H groups in total. The molecule has 1 aliphatic rings. The number of amides is 2. The third-order valence-electron chi connectivity index (χ3n) is 7.81. The Labute approximate surface area is 245 Å². The van der Waals surface area contributed by atoms with Crippen LogP contribution >= 0.6 is 11.3 Å². The molecule has 2 amide bonds. The van der Waals surface area contributed by atoms with Gasteiger partial charge in [-0.05, 0) is 62.7 Å². The van der Waals surface area contributed by atoms with Crippen molar-refractivity contribution in [3.05, 3.63) is 81.5 Å². The van der Waals surface area contributed by atoms with E-state index in [1.165, 1.54) is 5.56 Å². The van der Waals surface area contributed by atoms with E-state index in [4.69, 9.17) is 4.98 Å². The minimum atomic E-state index is -0.163. The fourth-order valence-electron chi connectivity index (χ4n) is 5.27. The van der Waals surface area contributed by atoms with Crippen molar-refractivity contribution in [1.82, 2.24) is 20.2 Å². The van der Waals surface area contributed by atoms with Gasteiger partial charge in [-0.25, -0.2) is 4.98 Å². The van der Waals surface area contributed by atoms with Gasteiger partial charge in [-0.15, -0.1) is 11.3 Å². The number of thiazole rings is 1. The number of carbonyl (C=O) groups is 2. The smallest absolute Gasteiger partial charge is 0.256 e. The fourth-order valence-corrected chi connectivity index (χ4v) is 6.11. The molecule has 41 heavy (non-hydrogen) atoms. The van der Waals surface area contributed by atoms with Crippen LogP contribution in [0, 0.1) is 13.8 Å². The van der Waals surface area contributed by atoms with Crippen LogP contribution in [-0.4, -0.2) is 52.9 Å². The monoisotopic (exact) mass is 567 g/mol. The highest BCUT2D eigenvalue weighted by Gasteiger charge is 2.26. The molecule has 212 valence electrons. The molecule has 1 aliphatic heterocycles. The molecule has 0 bridgehead atoms. The summed E-state index contributed by atoms with van der Waals surface area (Å²) in [6, 6.07) is 14.5. The van der Waals surface area contributed by atoms with Crippen LogP contribution in [0.4, 0.5) is 5.69 Å². The predicted molar refractivity (Wildman–Crippen MR) is 169 cm³/mol. The Morgan fingerprint density at radius 1 is 1.05 bits per heavy atom. The highest BCUT2D eigenvalue weighted by atomic mass is 32.1. The van der Waals surface area contributed by atoms with Gasteiger partial charge < -0.3 is 20.5 Å². The number of anilines is 1. The first kappa shape index (κ1) is 28.5. The second-order valence-corrected chi connectivity index (χ2v) is 11.2. The maximum atomic E-state index is 13.0. The zero-order valence-corrected chi connectivity index (χ0v) is 25.2. The Morgan fingerprint density at radius 3 is 2.49 bits per heavy atom. The molecular weight excluding hydrogens is 530 g/mol. The lowest BCUT2D eigenvalue weighted by Crippen LogP contribution is -2.35. The third kappa shape index (κ3) is 5.89. The molecule has 0 aliphatic carbocycles. The predicted octanol–water partition coefficient (Wildman–Crippen LogP) is 6.55. The molecule has 8 heteroatoms. The lowest BCUT2D eigenvalue weighted by Gasteiger charge is -2.18. The quantitative estimate of drug-likeness (QED) is 0.190. The summed E-state index contributed by atoms with van der Waals surface area (Å²) in [5.41, 5.74) is 9.38. The molecule has 3 heterocycles. The maximum Gasteiger partial charge on any atom is 0.256 e. The van der Waals surface area contributed by atoms with Gasteiger partial charge >= 0.3 is 0 Å². The summed E-state index contributed by atoms with van der Waals surface area (Å²) in [6.45, 7) is 13.5. The lowest BCUT2D eigenvalue weighted by molar-refractivity contribution is -0.110. The van der Waals surface area contributed by atoms with Gasteiger partial charge in [0.25, 0.3) is 11.8 Å². The molecule has 0 saturated carbocycles. The first-order valence-corrected chi connectivity index (χ1v) is 15.1. The van der Waals surface area contributed by atoms with E-state index in [-0.39, 0.29) is 11.8 Å². The topological polar surface area (TPSA) is 90.1 Å². The zero-order valence-electron chi connectivity index (χ0n) is 24.4. The second-order valence-electron chi connectivity index (χ2n) is 10.3. The molecule has 0 spiro atoms. The Hall–Kier alpha value is -4.01. The van der Waals surface area contributed by atoms with Gasteiger partial charge in [0.15, 0.2) is 0 Å². The number of aromatic nitrogens is 2. The van der Waals surface area contributed by atoms with E-state index in [2.05, 4.69) is 70.9 Å². The van der Waals surface area contributed by atoms with Crippen molar-refractivity contribution in [1.29, 1.82) is 0 Å². The van der Waals surface area contributed by atoms with Crippen LogP contribution in [0.2, 0.25) is 0 Å². The Kier molecular flexibility index (Phi) is 8.52. The third-order valence-corrected chi connectivity index (χ3v) is 8.70. The van der Waals surface area contributed by atoms with Crippen molar-refractivity contribution in [2.45, 2.75) is 41.0 Å². The number of aromatic amines is 1. The normalized spacial score (nSPS) is 13.6. The van der Waals surface area contributed by atoms with Crippen LogP contribution in [0.1, 0.15) is 59.2 Å². The molecule has 5 rings (SSSR count). The molecule has 0 atom stereocenters. The summed E-state index contributed by atoms with van der Waals surface area (Å²) in [4.78, 5) is 36.6. The molecule has 0 unspecified atom stereocenters. The van der Waals surface area contributed by atoms with E-state index in [0.29, 0.717) is 17.7 Å². The van der Waals surface area contributed by atoms with Crippen LogP contribution in [0.25, 0.3) is 33.5 Å². The van der Waals surface area contributed by atoms with E-state index in [9.17, 15) is 9.59 Å². The number of fused-ring (bicyclic) bond motifs is 1. The van der Waals surface area contributed by atoms with Gasteiger partial charge in [0.2, 0.25) is 0 Å². The lowest BCUT2D eigenvalue weighted by atomic mass is 10.0. The summed E-state index contributed by atoms with van der Waals surface area (Å²) < 4.78 is 0. The van der Waals surface area contributed by atoms with Gasteiger partial charge in [-0.1, -0.05) is 51.1 Å². The molecule has 7 nitrogen and oxygen atoms in total. The van der Waals surface area contributed by atoms with Crippen molar-refractivity contribution < 1.29 is 9.59 Å². The van der Waals surface area contributed by atoms with Crippen molar-refractivity contribution in [2.75, 3.05) is 31.5 Å². The Morgan fingerprint density at radius 2 is 1.78 bits per heavy atom. The highest BCUT2D eigenvalue weighted by Crippen LogP contribution is 2.38. The average Bonchev–Trinajstić information content (AvgIpc) is 3.67. The number of benzene rings is 2. The van der Waals surface area contributed by atoms with Gasteiger partial charge in [0, 0.05) is 52.2 Å². The number of hydrogen-bond donors (Lipinski definition) is 3. The number of rotatable bonds is 10. The fraction of sp³-hybridized carbons (Fsp3) is 0.303. The van der Waals surface area contributed by atoms with E-state index in [0.717, 1.165) is 76.1 Å². The molecular formula is C33H37N5O2S. The summed E-state index contributed by atoms with van der Waals surface area (Å²) in [6.07, 6.45) is 2.86. The molecule has 0 saturated heterocycles. The summed E-state index contributed by atoms with van der Waals surface area (Å²) in [7, 11) is 0. The summed E-state index contributed by atoms with van der Waals surface area (Å²) >= 11 is 1.61. The largest absolute Gasteiger partial charge is 0.358 e. The van der Waals surface area contributed by atoms with Gasteiger partial charge in [0.1, 0.15) is 5.01 Å². The van der Waals surface area contributed by atoms with Crippen LogP contribution in [0.5, 0.6) is 0 Å². The number of H-pyrrole nitrogens is 1. The number of nitrogens with zero attached hydrogens (tertiary/aromatic N) is 2. The molecule has 0 radical (unpaired) electrons. The average molecular weight is 568 g/mol. The summed E-state index contributed by atoms with van der Waals surface area (Å²) in [5, 5.41) is 9.05. The van der Waals surface area contributed by atoms with E-state index >= 15 is 0 Å². The minimum Gasteiger partial charge on any atom is -0.358 e. The van der Waals surface area contributed by atoms with Gasteiger partial charge in [-0.2, -0.15) is 0 Å². The van der Waals surface area contributed by atoms with Crippen LogP contribution < -0.4 is 10.6 Å². The number of hydrogen-bond acceptors (Lipinski definition) is 5. The number of carbonyl (C=O) groups excluding carboxylic acids is 2. The minimum absolute atomic E-state index is 0.102. The number of nitrogens with one attached hydrogen (secondary N) is 3. The highest BCUT2D eigenvalue weighted by molar-refractivity contribution is 7.13. The van der Waals surface area contributed by atoms with Gasteiger partial charge in [0.05, 0.1) is 16.8 Å². The molecule has 4 aromatic rings. The molecule has 2 aromatic carbocycles. The SMILES string of the molecule is CCc1ccc(-c2nc(-c3ccc4c(c3)C(=Cc3[nH]c(C)c(C(=O)NCCN(CC)CC)c3C)C(=O)N4)cs2)cc1. The van der Waals surface area contributed by atoms with Gasteiger partial charge in [-0.3, -0.25) is 9.59 Å². The standard InChI is InChI=1S/C33H37N5O2S/c1-6-22-9-11-23(12-10-22)33-37-29(19-41-33)24-13-14-27-25(17-24)26(31(39)36-27)18-28-20(4)30(21(5)35-28)32(40)34-15-16-38(7-2)8-3/h9-14,17-19,35H,6-8,15-16H2,1-5H3,(H,34,40)(H,36,39). The first-order chi connectivity index (χ1) is 19.8. The Balaban J connectivity index is 1.40. The zero-order chi connectivity index (χ0) is 29.1. The van der Waals surface area contributed by atoms with Crippen LogP contribution in [-0.2, 0) is 11.2 Å². The molecule has 2 aromatic heterocycles. The van der Waals surface area contributed by atoms with E-state index in [1.54, 1.807) is 11.3 Å². The summed E-state index contributed by atoms with van der Waals surface area (Å²) in [5.74, 6) is -0.265. The van der Waals surface area contributed by atoms with Crippen molar-refractivity contribution in [3.63, 3.8) is 0 Å². The maximum absolute atomic E-state index is 13.0. The first-order valence-electron chi connectivity index (χ1n) is 14.2. The van der Waals surface area contributed by atoms with Crippen LogP contribution in [0.3, 0.4) is 0 Å². The number of aryl methyl sites for hydroxylation is 2. The van der Waals surface area contributed by atoms with E-state index < -0.39 is 0 Å². The van der Waals surface area contributed by atoms with Crippen molar-refractivity contribution in [2.24, 2.45) is 0 Å². The molecule has 0 fully saturated rings. The van der Waals surface area contributed by atoms with Crippen LogP contribution in [0.15, 0.2) is 47.8 Å².